The normalized spacial score (nSPS) is 17.3. The van der Waals surface area contributed by atoms with Crippen LogP contribution in [0, 0.1) is 0 Å². The summed E-state index contributed by atoms with van der Waals surface area (Å²) in [7, 11) is 3.10. The van der Waals surface area contributed by atoms with E-state index in [1.807, 2.05) is 24.3 Å². The second-order valence-electron chi connectivity index (χ2n) is 5.71. The number of ether oxygens (including phenoxy) is 3. The molecule has 0 saturated carbocycles. The molecule has 2 rings (SSSR count). The molecule has 1 aromatic rings. The first-order chi connectivity index (χ1) is 12.5. The summed E-state index contributed by atoms with van der Waals surface area (Å²) in [5, 5.41) is 2.89. The summed E-state index contributed by atoms with van der Waals surface area (Å²) in [4.78, 5) is 26.8. The van der Waals surface area contributed by atoms with E-state index in [0.717, 1.165) is 10.0 Å². The molecule has 0 aliphatic carbocycles. The molecule has 2 amide bonds. The summed E-state index contributed by atoms with van der Waals surface area (Å²) >= 11 is 3.42. The lowest BCUT2D eigenvalue weighted by molar-refractivity contribution is -0.140. The van der Waals surface area contributed by atoms with Crippen molar-refractivity contribution in [1.82, 2.24) is 10.2 Å². The number of benzene rings is 1. The average Bonchev–Trinajstić information content (AvgIpc) is 2.61. The van der Waals surface area contributed by atoms with Crippen molar-refractivity contribution >= 4 is 27.9 Å². The molecule has 26 heavy (non-hydrogen) atoms. The van der Waals surface area contributed by atoms with Crippen LogP contribution < -0.4 is 5.32 Å². The molecule has 0 spiro atoms. The smallest absolute Gasteiger partial charge is 0.338 e. The van der Waals surface area contributed by atoms with Gasteiger partial charge in [0.25, 0.3) is 0 Å². The molecule has 1 atom stereocenters. The Morgan fingerprint density at radius 1 is 1.23 bits per heavy atom. The number of halogens is 1. The summed E-state index contributed by atoms with van der Waals surface area (Å²) in [5.74, 6) is -0.480. The van der Waals surface area contributed by atoms with Gasteiger partial charge in [-0.15, -0.1) is 0 Å². The molecule has 0 saturated heterocycles. The van der Waals surface area contributed by atoms with E-state index in [9.17, 15) is 9.59 Å². The van der Waals surface area contributed by atoms with Crippen LogP contribution in [-0.4, -0.2) is 57.5 Å². The molecule has 1 aromatic carbocycles. The van der Waals surface area contributed by atoms with Crippen LogP contribution in [0.15, 0.2) is 40.0 Å². The Kier molecular flexibility index (Phi) is 7.62. The molecule has 8 heteroatoms. The van der Waals surface area contributed by atoms with Crippen LogP contribution in [0.4, 0.5) is 4.79 Å². The van der Waals surface area contributed by atoms with E-state index in [1.165, 1.54) is 12.0 Å². The maximum atomic E-state index is 12.7. The zero-order valence-electron chi connectivity index (χ0n) is 15.1. The van der Waals surface area contributed by atoms with E-state index in [0.29, 0.717) is 31.0 Å². The lowest BCUT2D eigenvalue weighted by Crippen LogP contribution is -2.49. The fourth-order valence-corrected chi connectivity index (χ4v) is 3.15. The predicted molar refractivity (Wildman–Crippen MR) is 99.5 cm³/mol. The number of hydrogen-bond acceptors (Lipinski definition) is 5. The molecule has 1 unspecified atom stereocenters. The van der Waals surface area contributed by atoms with Gasteiger partial charge >= 0.3 is 12.0 Å². The minimum atomic E-state index is -0.589. The summed E-state index contributed by atoms with van der Waals surface area (Å²) < 4.78 is 16.2. The zero-order valence-corrected chi connectivity index (χ0v) is 16.7. The standard InChI is InChI=1S/C18H23BrN2O5/c1-12-15(17(22)26-10-9-25-3)16(13-5-4-6-14(19)11-13)20-18(23)21(12)7-8-24-2/h4-6,11,16H,7-10H2,1-3H3,(H,20,23). The third kappa shape index (κ3) is 4.84. The van der Waals surface area contributed by atoms with Crippen LogP contribution in [0.5, 0.6) is 0 Å². The number of rotatable bonds is 8. The average molecular weight is 427 g/mol. The van der Waals surface area contributed by atoms with Crippen LogP contribution in [-0.2, 0) is 19.0 Å². The molecular formula is C18H23BrN2O5. The zero-order chi connectivity index (χ0) is 19.1. The highest BCUT2D eigenvalue weighted by Crippen LogP contribution is 2.32. The summed E-state index contributed by atoms with van der Waals surface area (Å²) in [6, 6.07) is 6.59. The summed E-state index contributed by atoms with van der Waals surface area (Å²) in [5.41, 5.74) is 1.74. The van der Waals surface area contributed by atoms with Gasteiger partial charge in [0.2, 0.25) is 0 Å². The van der Waals surface area contributed by atoms with E-state index in [4.69, 9.17) is 14.2 Å². The number of hydrogen-bond donors (Lipinski definition) is 1. The highest BCUT2D eigenvalue weighted by atomic mass is 79.9. The molecule has 0 bridgehead atoms. The van der Waals surface area contributed by atoms with Gasteiger partial charge in [0.15, 0.2) is 0 Å². The highest BCUT2D eigenvalue weighted by molar-refractivity contribution is 9.10. The Bertz CT molecular complexity index is 692. The van der Waals surface area contributed by atoms with Crippen molar-refractivity contribution in [2.45, 2.75) is 13.0 Å². The second-order valence-corrected chi connectivity index (χ2v) is 6.63. The molecule has 0 fully saturated rings. The lowest BCUT2D eigenvalue weighted by atomic mass is 9.95. The van der Waals surface area contributed by atoms with Gasteiger partial charge in [-0.2, -0.15) is 0 Å². The SMILES string of the molecule is COCCOC(=O)C1=C(C)N(CCOC)C(=O)NC1c1cccc(Br)c1. The number of urea groups is 1. The first kappa shape index (κ1) is 20.4. The first-order valence-corrected chi connectivity index (χ1v) is 8.98. The minimum Gasteiger partial charge on any atom is -0.460 e. The Morgan fingerprint density at radius 3 is 2.62 bits per heavy atom. The van der Waals surface area contributed by atoms with Crippen molar-refractivity contribution in [3.8, 4) is 0 Å². The van der Waals surface area contributed by atoms with Gasteiger partial charge < -0.3 is 19.5 Å². The van der Waals surface area contributed by atoms with E-state index in [-0.39, 0.29) is 12.6 Å². The van der Waals surface area contributed by atoms with Gasteiger partial charge in [-0.3, -0.25) is 4.90 Å². The molecular weight excluding hydrogens is 404 g/mol. The fraction of sp³-hybridized carbons (Fsp3) is 0.444. The highest BCUT2D eigenvalue weighted by Gasteiger charge is 2.36. The molecule has 1 aliphatic rings. The Balaban J connectivity index is 2.40. The lowest BCUT2D eigenvalue weighted by Gasteiger charge is -2.35. The number of esters is 1. The maximum Gasteiger partial charge on any atom is 0.338 e. The Hall–Kier alpha value is -1.90. The predicted octanol–water partition coefficient (Wildman–Crippen LogP) is 2.63. The minimum absolute atomic E-state index is 0.142. The first-order valence-electron chi connectivity index (χ1n) is 8.18. The topological polar surface area (TPSA) is 77.1 Å². The van der Waals surface area contributed by atoms with Crippen LogP contribution >= 0.6 is 15.9 Å². The van der Waals surface area contributed by atoms with Gasteiger partial charge in [0.1, 0.15) is 6.61 Å². The third-order valence-electron chi connectivity index (χ3n) is 4.04. The van der Waals surface area contributed by atoms with E-state index in [1.54, 1.807) is 14.0 Å². The van der Waals surface area contributed by atoms with Gasteiger partial charge in [-0.1, -0.05) is 28.1 Å². The van der Waals surface area contributed by atoms with E-state index in [2.05, 4.69) is 21.2 Å². The number of carbonyl (C=O) groups is 2. The van der Waals surface area contributed by atoms with Crippen molar-refractivity contribution in [1.29, 1.82) is 0 Å². The molecule has 1 N–H and O–H groups in total. The molecule has 7 nitrogen and oxygen atoms in total. The number of nitrogens with one attached hydrogen (secondary N) is 1. The molecule has 1 heterocycles. The van der Waals surface area contributed by atoms with Crippen molar-refractivity contribution in [3.05, 3.63) is 45.6 Å². The number of allylic oxidation sites excluding steroid dienone is 1. The van der Waals surface area contributed by atoms with Crippen molar-refractivity contribution in [3.63, 3.8) is 0 Å². The summed E-state index contributed by atoms with van der Waals surface area (Å²) in [6.07, 6.45) is 0. The molecule has 0 aromatic heterocycles. The quantitative estimate of drug-likeness (QED) is 0.510. The van der Waals surface area contributed by atoms with Gasteiger partial charge in [-0.05, 0) is 24.6 Å². The van der Waals surface area contributed by atoms with Crippen molar-refractivity contribution in [2.75, 3.05) is 40.6 Å². The van der Waals surface area contributed by atoms with Gasteiger partial charge in [-0.25, -0.2) is 9.59 Å². The van der Waals surface area contributed by atoms with Crippen LogP contribution in [0.1, 0.15) is 18.5 Å². The molecule has 0 radical (unpaired) electrons. The number of carbonyl (C=O) groups excluding carboxylic acids is 2. The summed E-state index contributed by atoms with van der Waals surface area (Å²) in [6.45, 7) is 2.89. The third-order valence-corrected chi connectivity index (χ3v) is 4.53. The Morgan fingerprint density at radius 2 is 1.96 bits per heavy atom. The van der Waals surface area contributed by atoms with Crippen LogP contribution in [0.2, 0.25) is 0 Å². The fourth-order valence-electron chi connectivity index (χ4n) is 2.73. The van der Waals surface area contributed by atoms with Crippen molar-refractivity contribution in [2.24, 2.45) is 0 Å². The monoisotopic (exact) mass is 426 g/mol. The molecule has 142 valence electrons. The van der Waals surface area contributed by atoms with Gasteiger partial charge in [0.05, 0.1) is 31.4 Å². The Labute approximate surface area is 161 Å². The van der Waals surface area contributed by atoms with E-state index >= 15 is 0 Å². The van der Waals surface area contributed by atoms with Crippen LogP contribution in [0.25, 0.3) is 0 Å². The number of methoxy groups -OCH3 is 2. The molecule has 1 aliphatic heterocycles. The second kappa shape index (κ2) is 9.70. The van der Waals surface area contributed by atoms with Crippen LogP contribution in [0.3, 0.4) is 0 Å². The van der Waals surface area contributed by atoms with Crippen molar-refractivity contribution < 1.29 is 23.8 Å². The number of amides is 2. The van der Waals surface area contributed by atoms with Gasteiger partial charge in [0, 0.05) is 24.4 Å². The van der Waals surface area contributed by atoms with E-state index < -0.39 is 12.0 Å². The number of nitrogens with zero attached hydrogens (tertiary/aromatic N) is 1. The maximum absolute atomic E-state index is 12.7. The largest absolute Gasteiger partial charge is 0.460 e.